The van der Waals surface area contributed by atoms with Crippen molar-refractivity contribution >= 4 is 19.7 Å². The Bertz CT molecular complexity index is 519. The van der Waals surface area contributed by atoms with Crippen molar-refractivity contribution in [3.05, 3.63) is 24.0 Å². The molecule has 86 valence electrons. The highest BCUT2D eigenvalue weighted by Gasteiger charge is 2.13. The van der Waals surface area contributed by atoms with Gasteiger partial charge >= 0.3 is 0 Å². The second kappa shape index (κ2) is 5.19. The summed E-state index contributed by atoms with van der Waals surface area (Å²) in [5.74, 6) is 1.48. The molecule has 0 atom stereocenters. The van der Waals surface area contributed by atoms with Gasteiger partial charge in [0.05, 0.1) is 11.5 Å². The van der Waals surface area contributed by atoms with Crippen molar-refractivity contribution < 1.29 is 17.5 Å². The summed E-state index contributed by atoms with van der Waals surface area (Å²) in [5.41, 5.74) is 0. The summed E-state index contributed by atoms with van der Waals surface area (Å²) >= 11 is 0. The molecule has 0 aliphatic rings. The second-order valence-electron chi connectivity index (χ2n) is 2.83. The largest absolute Gasteiger partial charge is 0.490 e. The maximum atomic E-state index is 13.3. The maximum absolute atomic E-state index is 13.3. The predicted octanol–water partition coefficient (Wildman–Crippen LogP) is 2.16. The van der Waals surface area contributed by atoms with E-state index in [4.69, 9.17) is 21.8 Å². The molecule has 1 rings (SSSR count). The molecule has 0 bridgehead atoms. The Labute approximate surface area is 97.6 Å². The van der Waals surface area contributed by atoms with E-state index in [0.29, 0.717) is 6.42 Å². The number of benzene rings is 1. The van der Waals surface area contributed by atoms with Crippen molar-refractivity contribution in [3.63, 3.8) is 0 Å². The van der Waals surface area contributed by atoms with E-state index in [1.807, 2.05) is 0 Å². The number of terminal acetylenes is 1. The van der Waals surface area contributed by atoms with Crippen molar-refractivity contribution in [2.24, 2.45) is 0 Å². The van der Waals surface area contributed by atoms with E-state index in [2.05, 4.69) is 5.92 Å². The molecular weight excluding hydrogens is 255 g/mol. The summed E-state index contributed by atoms with van der Waals surface area (Å²) in [7, 11) is 1.12. The molecule has 0 radical (unpaired) electrons. The molecule has 1 aromatic rings. The Morgan fingerprint density at radius 2 is 2.19 bits per heavy atom. The molecular formula is C10H8ClFO3S. The Balaban J connectivity index is 2.89. The van der Waals surface area contributed by atoms with Crippen molar-refractivity contribution in [2.75, 3.05) is 6.61 Å². The quantitative estimate of drug-likeness (QED) is 0.474. The van der Waals surface area contributed by atoms with Crippen molar-refractivity contribution in [1.82, 2.24) is 0 Å². The minimum atomic E-state index is -3.92. The molecule has 3 nitrogen and oxygen atoms in total. The third kappa shape index (κ3) is 3.40. The molecule has 16 heavy (non-hydrogen) atoms. The number of halogens is 2. The van der Waals surface area contributed by atoms with Gasteiger partial charge in [-0.05, 0) is 18.2 Å². The Morgan fingerprint density at radius 1 is 1.50 bits per heavy atom. The first kappa shape index (κ1) is 12.8. The van der Waals surface area contributed by atoms with Crippen LogP contribution in [0.4, 0.5) is 4.39 Å². The lowest BCUT2D eigenvalue weighted by Gasteiger charge is -2.05. The SMILES string of the molecule is C#CCCOc1ccc(S(=O)(=O)Cl)cc1F. The summed E-state index contributed by atoms with van der Waals surface area (Å²) in [6.07, 6.45) is 5.33. The smallest absolute Gasteiger partial charge is 0.261 e. The Hall–Kier alpha value is -1.25. The molecule has 1 aromatic carbocycles. The van der Waals surface area contributed by atoms with E-state index in [-0.39, 0.29) is 17.3 Å². The van der Waals surface area contributed by atoms with Crippen LogP contribution in [0.1, 0.15) is 6.42 Å². The van der Waals surface area contributed by atoms with Crippen LogP contribution in [0.5, 0.6) is 5.75 Å². The van der Waals surface area contributed by atoms with Crippen LogP contribution in [-0.2, 0) is 9.05 Å². The van der Waals surface area contributed by atoms with E-state index < -0.39 is 14.9 Å². The summed E-state index contributed by atoms with van der Waals surface area (Å²) in [6, 6.07) is 3.16. The number of hydrogen-bond donors (Lipinski definition) is 0. The third-order valence-corrected chi connectivity index (χ3v) is 3.04. The van der Waals surface area contributed by atoms with Gasteiger partial charge in [-0.3, -0.25) is 0 Å². The molecule has 6 heteroatoms. The van der Waals surface area contributed by atoms with Crippen LogP contribution in [0.25, 0.3) is 0 Å². The molecule has 0 aliphatic carbocycles. The van der Waals surface area contributed by atoms with Crippen LogP contribution in [0.15, 0.2) is 23.1 Å². The van der Waals surface area contributed by atoms with Crippen LogP contribution >= 0.6 is 10.7 Å². The van der Waals surface area contributed by atoms with Gasteiger partial charge in [-0.2, -0.15) is 0 Å². The second-order valence-corrected chi connectivity index (χ2v) is 5.40. The summed E-state index contributed by atoms with van der Waals surface area (Å²) in [5, 5.41) is 0. The van der Waals surface area contributed by atoms with E-state index in [1.165, 1.54) is 6.07 Å². The van der Waals surface area contributed by atoms with Crippen LogP contribution in [0.2, 0.25) is 0 Å². The highest BCUT2D eigenvalue weighted by Crippen LogP contribution is 2.23. The van der Waals surface area contributed by atoms with Gasteiger partial charge < -0.3 is 4.74 Å². The van der Waals surface area contributed by atoms with Crippen LogP contribution < -0.4 is 4.74 Å². The highest BCUT2D eigenvalue weighted by atomic mass is 35.7. The fraction of sp³-hybridized carbons (Fsp3) is 0.200. The third-order valence-electron chi connectivity index (χ3n) is 1.69. The normalized spacial score (nSPS) is 10.8. The molecule has 0 amide bonds. The van der Waals surface area contributed by atoms with Gasteiger partial charge in [0.2, 0.25) is 0 Å². The van der Waals surface area contributed by atoms with Crippen molar-refractivity contribution in [2.45, 2.75) is 11.3 Å². The lowest BCUT2D eigenvalue weighted by molar-refractivity contribution is 0.309. The first-order valence-electron chi connectivity index (χ1n) is 4.25. The zero-order valence-electron chi connectivity index (χ0n) is 8.11. The molecule has 0 heterocycles. The molecule has 0 saturated heterocycles. The molecule has 0 aliphatic heterocycles. The lowest BCUT2D eigenvalue weighted by Crippen LogP contribution is -1.99. The minimum Gasteiger partial charge on any atom is -0.490 e. The zero-order valence-corrected chi connectivity index (χ0v) is 9.68. The molecule has 0 N–H and O–H groups in total. The number of ether oxygens (including phenoxy) is 1. The van der Waals surface area contributed by atoms with E-state index in [9.17, 15) is 12.8 Å². The lowest BCUT2D eigenvalue weighted by atomic mass is 10.3. The minimum absolute atomic E-state index is 0.0562. The predicted molar refractivity (Wildman–Crippen MR) is 58.4 cm³/mol. The van der Waals surface area contributed by atoms with Crippen LogP contribution in [0.3, 0.4) is 0 Å². The first-order chi connectivity index (χ1) is 7.45. The molecule has 0 fully saturated rings. The molecule has 0 spiro atoms. The Morgan fingerprint density at radius 3 is 2.69 bits per heavy atom. The van der Waals surface area contributed by atoms with E-state index in [1.54, 1.807) is 0 Å². The van der Waals surface area contributed by atoms with Gasteiger partial charge in [0.1, 0.15) is 0 Å². The monoisotopic (exact) mass is 262 g/mol. The average molecular weight is 263 g/mol. The number of rotatable bonds is 4. The van der Waals surface area contributed by atoms with Crippen molar-refractivity contribution in [1.29, 1.82) is 0 Å². The Kier molecular flexibility index (Phi) is 4.16. The first-order valence-corrected chi connectivity index (χ1v) is 6.56. The summed E-state index contributed by atoms with van der Waals surface area (Å²) < 4.78 is 40.1. The van der Waals surface area contributed by atoms with Crippen LogP contribution in [-0.4, -0.2) is 15.0 Å². The number of hydrogen-bond acceptors (Lipinski definition) is 3. The van der Waals surface area contributed by atoms with Gasteiger partial charge in [0.15, 0.2) is 11.6 Å². The molecule has 0 saturated carbocycles. The maximum Gasteiger partial charge on any atom is 0.261 e. The topological polar surface area (TPSA) is 43.4 Å². The highest BCUT2D eigenvalue weighted by molar-refractivity contribution is 8.13. The van der Waals surface area contributed by atoms with Crippen LogP contribution in [0, 0.1) is 18.2 Å². The summed E-state index contributed by atoms with van der Waals surface area (Å²) in [4.78, 5) is -0.309. The molecule has 0 unspecified atom stereocenters. The standard InChI is InChI=1S/C10H8ClFO3S/c1-2-3-6-15-10-5-4-8(7-9(10)12)16(11,13)14/h1,4-5,7H,3,6H2. The van der Waals surface area contributed by atoms with E-state index >= 15 is 0 Å². The van der Waals surface area contributed by atoms with E-state index in [0.717, 1.165) is 12.1 Å². The molecule has 0 aromatic heterocycles. The zero-order chi connectivity index (χ0) is 12.2. The van der Waals surface area contributed by atoms with Gasteiger partial charge in [-0.25, -0.2) is 12.8 Å². The summed E-state index contributed by atoms with van der Waals surface area (Å²) in [6.45, 7) is 0.167. The fourth-order valence-corrected chi connectivity index (χ4v) is 1.73. The van der Waals surface area contributed by atoms with Gasteiger partial charge in [0.25, 0.3) is 9.05 Å². The van der Waals surface area contributed by atoms with Gasteiger partial charge in [-0.15, -0.1) is 12.3 Å². The average Bonchev–Trinajstić information content (AvgIpc) is 2.19. The fourth-order valence-electron chi connectivity index (χ4n) is 0.970. The van der Waals surface area contributed by atoms with Gasteiger partial charge in [-0.1, -0.05) is 0 Å². The van der Waals surface area contributed by atoms with Gasteiger partial charge in [0, 0.05) is 17.1 Å². The van der Waals surface area contributed by atoms with Crippen molar-refractivity contribution in [3.8, 4) is 18.1 Å².